The summed E-state index contributed by atoms with van der Waals surface area (Å²) >= 11 is 0. The van der Waals surface area contributed by atoms with Crippen molar-refractivity contribution in [2.45, 2.75) is 13.5 Å². The Morgan fingerprint density at radius 2 is 2.31 bits per heavy atom. The summed E-state index contributed by atoms with van der Waals surface area (Å²) in [6, 6.07) is 5.77. The number of aryl methyl sites for hydroxylation is 1. The first-order valence-electron chi connectivity index (χ1n) is 3.95. The fourth-order valence-corrected chi connectivity index (χ4v) is 1.10. The summed E-state index contributed by atoms with van der Waals surface area (Å²) in [6.45, 7) is 2.31. The molecule has 3 heteroatoms. The van der Waals surface area contributed by atoms with Crippen molar-refractivity contribution in [1.82, 2.24) is 0 Å². The highest BCUT2D eigenvalue weighted by atomic mass is 16.5. The zero-order valence-corrected chi connectivity index (χ0v) is 7.70. The van der Waals surface area contributed by atoms with Gasteiger partial charge in [0.2, 0.25) is 6.08 Å². The zero-order chi connectivity index (χ0) is 9.68. The molecule has 1 aromatic rings. The highest BCUT2D eigenvalue weighted by Gasteiger charge is 2.01. The molecule has 0 aromatic heterocycles. The van der Waals surface area contributed by atoms with Crippen LogP contribution >= 0.6 is 0 Å². The van der Waals surface area contributed by atoms with Crippen molar-refractivity contribution in [2.24, 2.45) is 4.99 Å². The van der Waals surface area contributed by atoms with Crippen LogP contribution in [0, 0.1) is 6.92 Å². The van der Waals surface area contributed by atoms with Gasteiger partial charge in [-0.05, 0) is 18.6 Å². The smallest absolute Gasteiger partial charge is 0.235 e. The van der Waals surface area contributed by atoms with Crippen molar-refractivity contribution < 1.29 is 9.53 Å². The van der Waals surface area contributed by atoms with Crippen LogP contribution in [0.2, 0.25) is 0 Å². The van der Waals surface area contributed by atoms with Crippen LogP contribution in [-0.2, 0) is 11.3 Å². The molecule has 0 saturated carbocycles. The number of nitrogens with zero attached hydrogens (tertiary/aromatic N) is 1. The van der Waals surface area contributed by atoms with Gasteiger partial charge in [0, 0.05) is 5.56 Å². The summed E-state index contributed by atoms with van der Waals surface area (Å²) in [5.41, 5.74) is 2.02. The molecule has 0 atom stereocenters. The van der Waals surface area contributed by atoms with Gasteiger partial charge in [0.1, 0.15) is 5.75 Å². The van der Waals surface area contributed by atoms with Crippen molar-refractivity contribution in [2.75, 3.05) is 7.11 Å². The molecule has 0 fully saturated rings. The lowest BCUT2D eigenvalue weighted by Crippen LogP contribution is -1.91. The molecule has 13 heavy (non-hydrogen) atoms. The molecule has 0 saturated heterocycles. The number of ether oxygens (including phenoxy) is 1. The van der Waals surface area contributed by atoms with Gasteiger partial charge in [0.05, 0.1) is 13.7 Å². The van der Waals surface area contributed by atoms with E-state index in [1.54, 1.807) is 7.11 Å². The first-order valence-corrected chi connectivity index (χ1v) is 3.95. The van der Waals surface area contributed by atoms with E-state index in [9.17, 15) is 4.79 Å². The van der Waals surface area contributed by atoms with E-state index in [-0.39, 0.29) is 0 Å². The predicted octanol–water partition coefficient (Wildman–Crippen LogP) is 1.84. The van der Waals surface area contributed by atoms with Crippen molar-refractivity contribution in [3.63, 3.8) is 0 Å². The Labute approximate surface area is 77.1 Å². The third kappa shape index (κ3) is 2.42. The second-order valence-electron chi connectivity index (χ2n) is 2.72. The van der Waals surface area contributed by atoms with E-state index in [4.69, 9.17) is 4.74 Å². The quantitative estimate of drug-likeness (QED) is 0.522. The first-order chi connectivity index (χ1) is 6.27. The molecule has 0 N–H and O–H groups in total. The van der Waals surface area contributed by atoms with Crippen molar-refractivity contribution in [3.8, 4) is 5.75 Å². The van der Waals surface area contributed by atoms with Crippen LogP contribution < -0.4 is 4.74 Å². The lowest BCUT2D eigenvalue weighted by molar-refractivity contribution is 0.409. The minimum Gasteiger partial charge on any atom is -0.496 e. The van der Waals surface area contributed by atoms with Crippen LogP contribution in [0.1, 0.15) is 11.1 Å². The topological polar surface area (TPSA) is 38.7 Å². The maximum atomic E-state index is 9.91. The second-order valence-corrected chi connectivity index (χ2v) is 2.72. The van der Waals surface area contributed by atoms with E-state index in [1.165, 1.54) is 6.08 Å². The SMILES string of the molecule is COc1cc(C)ccc1CN=C=O. The van der Waals surface area contributed by atoms with Crippen LogP contribution in [-0.4, -0.2) is 13.2 Å². The van der Waals surface area contributed by atoms with E-state index in [0.29, 0.717) is 6.54 Å². The summed E-state index contributed by atoms with van der Waals surface area (Å²) in [7, 11) is 1.60. The monoisotopic (exact) mass is 177 g/mol. The van der Waals surface area contributed by atoms with Gasteiger partial charge in [-0.25, -0.2) is 9.79 Å². The molecule has 1 rings (SSSR count). The van der Waals surface area contributed by atoms with E-state index >= 15 is 0 Å². The first kappa shape index (κ1) is 9.49. The number of benzene rings is 1. The van der Waals surface area contributed by atoms with E-state index in [1.807, 2.05) is 25.1 Å². The molecule has 0 aliphatic carbocycles. The Kier molecular flexibility index (Phi) is 3.23. The molecule has 3 nitrogen and oxygen atoms in total. The lowest BCUT2D eigenvalue weighted by Gasteiger charge is -2.05. The van der Waals surface area contributed by atoms with E-state index in [0.717, 1.165) is 16.9 Å². The lowest BCUT2D eigenvalue weighted by atomic mass is 10.1. The molecular weight excluding hydrogens is 166 g/mol. The summed E-state index contributed by atoms with van der Waals surface area (Å²) in [6.07, 6.45) is 1.50. The van der Waals surface area contributed by atoms with Gasteiger partial charge in [0.25, 0.3) is 0 Å². The normalized spacial score (nSPS) is 9.08. The minimum atomic E-state index is 0.326. The minimum absolute atomic E-state index is 0.326. The molecule has 1 aromatic carbocycles. The second kappa shape index (κ2) is 4.43. The maximum absolute atomic E-state index is 9.91. The fraction of sp³-hybridized carbons (Fsp3) is 0.300. The highest BCUT2D eigenvalue weighted by molar-refractivity contribution is 5.39. The Morgan fingerprint density at radius 1 is 1.54 bits per heavy atom. The summed E-state index contributed by atoms with van der Waals surface area (Å²) in [5.74, 6) is 0.763. The summed E-state index contributed by atoms with van der Waals surface area (Å²) < 4.78 is 5.13. The predicted molar refractivity (Wildman–Crippen MR) is 49.6 cm³/mol. The zero-order valence-electron chi connectivity index (χ0n) is 7.70. The van der Waals surface area contributed by atoms with Crippen molar-refractivity contribution >= 4 is 6.08 Å². The fourth-order valence-electron chi connectivity index (χ4n) is 1.10. The molecule has 0 unspecified atom stereocenters. The molecule has 0 aliphatic rings. The van der Waals surface area contributed by atoms with E-state index < -0.39 is 0 Å². The number of carbonyl (C=O) groups excluding carboxylic acids is 1. The molecular formula is C10H11NO2. The van der Waals surface area contributed by atoms with Gasteiger partial charge in [-0.15, -0.1) is 0 Å². The number of hydrogen-bond donors (Lipinski definition) is 0. The number of aliphatic imine (C=N–C) groups is 1. The van der Waals surface area contributed by atoms with Gasteiger partial charge >= 0.3 is 0 Å². The molecule has 0 aliphatic heterocycles. The number of rotatable bonds is 3. The van der Waals surface area contributed by atoms with Crippen LogP contribution in [0.3, 0.4) is 0 Å². The molecule has 0 radical (unpaired) electrons. The van der Waals surface area contributed by atoms with Crippen LogP contribution in [0.25, 0.3) is 0 Å². The molecule has 0 heterocycles. The third-order valence-corrected chi connectivity index (χ3v) is 1.76. The number of methoxy groups -OCH3 is 1. The largest absolute Gasteiger partial charge is 0.496 e. The van der Waals surface area contributed by atoms with Gasteiger partial charge in [-0.3, -0.25) is 0 Å². The van der Waals surface area contributed by atoms with Crippen molar-refractivity contribution in [1.29, 1.82) is 0 Å². The highest BCUT2D eigenvalue weighted by Crippen LogP contribution is 2.20. The van der Waals surface area contributed by atoms with Crippen molar-refractivity contribution in [3.05, 3.63) is 29.3 Å². The Morgan fingerprint density at radius 3 is 2.92 bits per heavy atom. The number of isocyanates is 1. The van der Waals surface area contributed by atoms with Gasteiger partial charge in [-0.1, -0.05) is 12.1 Å². The van der Waals surface area contributed by atoms with Gasteiger partial charge in [-0.2, -0.15) is 0 Å². The summed E-state index contributed by atoms with van der Waals surface area (Å²) in [5, 5.41) is 0. The van der Waals surface area contributed by atoms with E-state index in [2.05, 4.69) is 4.99 Å². The molecule has 0 bridgehead atoms. The Bertz CT molecular complexity index is 341. The molecule has 0 amide bonds. The Hall–Kier alpha value is -1.60. The molecule has 0 spiro atoms. The van der Waals surface area contributed by atoms with Crippen LogP contribution in [0.15, 0.2) is 23.2 Å². The standard InChI is InChI=1S/C10H11NO2/c1-8-3-4-9(6-11-7-12)10(5-8)13-2/h3-5H,6H2,1-2H3. The average Bonchev–Trinajstić information content (AvgIpc) is 2.16. The van der Waals surface area contributed by atoms with Gasteiger partial charge < -0.3 is 4.74 Å². The van der Waals surface area contributed by atoms with Crippen LogP contribution in [0.4, 0.5) is 0 Å². The maximum Gasteiger partial charge on any atom is 0.235 e. The average molecular weight is 177 g/mol. The van der Waals surface area contributed by atoms with Crippen LogP contribution in [0.5, 0.6) is 5.75 Å². The van der Waals surface area contributed by atoms with Gasteiger partial charge in [0.15, 0.2) is 0 Å². The number of hydrogen-bond acceptors (Lipinski definition) is 3. The third-order valence-electron chi connectivity index (χ3n) is 1.76. The molecule has 68 valence electrons. The summed E-state index contributed by atoms with van der Waals surface area (Å²) in [4.78, 5) is 13.4. The Balaban J connectivity index is 2.98.